The first-order chi connectivity index (χ1) is 11.8. The fourth-order valence-electron chi connectivity index (χ4n) is 3.04. The fraction of sp³-hybridized carbons (Fsp3) is 0.227. The molecule has 3 rings (SSSR count). The topological polar surface area (TPSA) is 8.81 Å². The van der Waals surface area contributed by atoms with Crippen molar-refractivity contribution in [2.75, 3.05) is 0 Å². The second kappa shape index (κ2) is 9.24. The summed E-state index contributed by atoms with van der Waals surface area (Å²) >= 11 is 0. The highest BCUT2D eigenvalue weighted by molar-refractivity contribution is 5.52. The zero-order chi connectivity index (χ0) is 16.8. The van der Waals surface area contributed by atoms with Gasteiger partial charge in [-0.3, -0.25) is 0 Å². The molecule has 0 amide bonds. The Morgan fingerprint density at radius 2 is 1.88 bits per heavy atom. The van der Waals surface area contributed by atoms with Crippen LogP contribution in [0.3, 0.4) is 0 Å². The molecular weight excluding hydrogens is 328 g/mol. The minimum absolute atomic E-state index is 0. The molecule has 130 valence electrons. The smallest absolute Gasteiger partial charge is 0.289 e. The third-order valence-corrected chi connectivity index (χ3v) is 4.29. The predicted molar refractivity (Wildman–Crippen MR) is 101 cm³/mol. The summed E-state index contributed by atoms with van der Waals surface area (Å²) in [6, 6.07) is 19.2. The van der Waals surface area contributed by atoms with Crippen LogP contribution in [-0.2, 0) is 13.1 Å². The summed E-state index contributed by atoms with van der Waals surface area (Å²) in [6.45, 7) is 8.03. The Hall–Kier alpha value is -2.32. The Balaban J connectivity index is 0.00000225. The van der Waals surface area contributed by atoms with E-state index >= 15 is 0 Å². The van der Waals surface area contributed by atoms with Gasteiger partial charge in [-0.05, 0) is 35.7 Å². The lowest BCUT2D eigenvalue weighted by Crippen LogP contribution is -3.00. The van der Waals surface area contributed by atoms with Gasteiger partial charge in [0.1, 0.15) is 18.9 Å². The van der Waals surface area contributed by atoms with E-state index in [0.29, 0.717) is 0 Å². The average Bonchev–Trinajstić information content (AvgIpc) is 3.03. The standard InChI is InChI=1S/C22H25N2.ClH/c1-3-5-14-23-15-16-24(22(23)21-12-7-6-8-13-21)18-20-11-9-10-19(4-2)17-20;/h4,6-13,15-17H,2-3,5,14,18H2,1H3;1H/q+1;/p-1. The Bertz CT molecular complexity index is 806. The van der Waals surface area contributed by atoms with Crippen molar-refractivity contribution in [1.29, 1.82) is 0 Å². The number of benzene rings is 2. The number of nitrogens with zero attached hydrogens (tertiary/aromatic N) is 2. The highest BCUT2D eigenvalue weighted by Gasteiger charge is 2.19. The molecule has 25 heavy (non-hydrogen) atoms. The van der Waals surface area contributed by atoms with E-state index in [1.165, 1.54) is 35.4 Å². The molecule has 0 aliphatic carbocycles. The second-order valence-electron chi connectivity index (χ2n) is 6.11. The summed E-state index contributed by atoms with van der Waals surface area (Å²) in [5, 5.41) is 0. The number of hydrogen-bond acceptors (Lipinski definition) is 0. The molecule has 0 fully saturated rings. The lowest BCUT2D eigenvalue weighted by atomic mass is 10.1. The average molecular weight is 353 g/mol. The number of hydrogen-bond donors (Lipinski definition) is 0. The second-order valence-corrected chi connectivity index (χ2v) is 6.11. The molecule has 0 saturated carbocycles. The minimum atomic E-state index is 0. The molecule has 3 aromatic rings. The molecule has 3 heteroatoms. The van der Waals surface area contributed by atoms with Crippen LogP contribution in [0.5, 0.6) is 0 Å². The van der Waals surface area contributed by atoms with Crippen LogP contribution in [0.25, 0.3) is 17.5 Å². The van der Waals surface area contributed by atoms with Gasteiger partial charge in [0.05, 0.1) is 12.1 Å². The molecule has 0 radical (unpaired) electrons. The van der Waals surface area contributed by atoms with Crippen molar-refractivity contribution in [3.8, 4) is 11.4 Å². The van der Waals surface area contributed by atoms with Gasteiger partial charge in [0.25, 0.3) is 5.82 Å². The van der Waals surface area contributed by atoms with Crippen LogP contribution in [0.2, 0.25) is 0 Å². The van der Waals surface area contributed by atoms with Gasteiger partial charge in [-0.1, -0.05) is 62.4 Å². The van der Waals surface area contributed by atoms with Crippen LogP contribution >= 0.6 is 0 Å². The van der Waals surface area contributed by atoms with Gasteiger partial charge in [0.15, 0.2) is 0 Å². The van der Waals surface area contributed by atoms with Crippen molar-refractivity contribution in [1.82, 2.24) is 4.57 Å². The summed E-state index contributed by atoms with van der Waals surface area (Å²) in [7, 11) is 0. The molecule has 2 nitrogen and oxygen atoms in total. The van der Waals surface area contributed by atoms with E-state index in [0.717, 1.165) is 13.1 Å². The summed E-state index contributed by atoms with van der Waals surface area (Å²) in [4.78, 5) is 0. The normalized spacial score (nSPS) is 10.3. The third-order valence-electron chi connectivity index (χ3n) is 4.29. The number of imidazole rings is 1. The fourth-order valence-corrected chi connectivity index (χ4v) is 3.04. The SMILES string of the molecule is C=Cc1cccc(C[n+]2ccn(CCCC)c2-c2ccccc2)c1.[Cl-]. The Morgan fingerprint density at radius 1 is 1.08 bits per heavy atom. The first-order valence-corrected chi connectivity index (χ1v) is 8.67. The van der Waals surface area contributed by atoms with Crippen LogP contribution in [0.15, 0.2) is 73.6 Å². The summed E-state index contributed by atoms with van der Waals surface area (Å²) < 4.78 is 4.71. The summed E-state index contributed by atoms with van der Waals surface area (Å²) in [5.41, 5.74) is 3.72. The van der Waals surface area contributed by atoms with Crippen molar-refractivity contribution in [3.63, 3.8) is 0 Å². The van der Waals surface area contributed by atoms with Crippen molar-refractivity contribution in [2.45, 2.75) is 32.9 Å². The van der Waals surface area contributed by atoms with E-state index in [4.69, 9.17) is 0 Å². The number of rotatable bonds is 7. The molecule has 0 aliphatic heterocycles. The van der Waals surface area contributed by atoms with E-state index in [9.17, 15) is 0 Å². The van der Waals surface area contributed by atoms with E-state index < -0.39 is 0 Å². The van der Waals surface area contributed by atoms with Crippen LogP contribution in [0, 0.1) is 0 Å². The molecule has 1 heterocycles. The van der Waals surface area contributed by atoms with E-state index in [2.05, 4.69) is 89.6 Å². The van der Waals surface area contributed by atoms with Crippen LogP contribution in [0.1, 0.15) is 30.9 Å². The lowest BCUT2D eigenvalue weighted by molar-refractivity contribution is -0.676. The van der Waals surface area contributed by atoms with Crippen LogP contribution < -0.4 is 17.0 Å². The van der Waals surface area contributed by atoms with Gasteiger partial charge in [0.2, 0.25) is 0 Å². The van der Waals surface area contributed by atoms with Gasteiger partial charge in [-0.2, -0.15) is 0 Å². The molecule has 0 unspecified atom stereocenters. The monoisotopic (exact) mass is 352 g/mol. The van der Waals surface area contributed by atoms with Gasteiger partial charge in [-0.15, -0.1) is 0 Å². The molecule has 0 saturated heterocycles. The van der Waals surface area contributed by atoms with Crippen molar-refractivity contribution >= 4 is 6.08 Å². The van der Waals surface area contributed by atoms with Crippen LogP contribution in [0.4, 0.5) is 0 Å². The Morgan fingerprint density at radius 3 is 2.60 bits per heavy atom. The predicted octanol–water partition coefficient (Wildman–Crippen LogP) is 1.94. The maximum absolute atomic E-state index is 3.87. The van der Waals surface area contributed by atoms with Gasteiger partial charge >= 0.3 is 0 Å². The third kappa shape index (κ3) is 4.61. The van der Waals surface area contributed by atoms with Gasteiger partial charge in [0, 0.05) is 0 Å². The zero-order valence-corrected chi connectivity index (χ0v) is 15.5. The zero-order valence-electron chi connectivity index (χ0n) is 14.7. The molecule has 0 spiro atoms. The van der Waals surface area contributed by atoms with Crippen LogP contribution in [-0.4, -0.2) is 4.57 Å². The van der Waals surface area contributed by atoms with E-state index in [-0.39, 0.29) is 12.4 Å². The Labute approximate surface area is 156 Å². The molecule has 0 atom stereocenters. The van der Waals surface area contributed by atoms with Gasteiger partial charge < -0.3 is 12.4 Å². The first-order valence-electron chi connectivity index (χ1n) is 8.67. The number of halogens is 1. The molecular formula is C22H25ClN2. The molecule has 2 aromatic carbocycles. The Kier molecular flexibility index (Phi) is 7.03. The quantitative estimate of drug-likeness (QED) is 0.575. The minimum Gasteiger partial charge on any atom is -1.00 e. The first kappa shape index (κ1) is 19.0. The number of aryl methyl sites for hydroxylation is 1. The largest absolute Gasteiger partial charge is 1.00 e. The highest BCUT2D eigenvalue weighted by atomic mass is 35.5. The maximum atomic E-state index is 3.87. The molecule has 0 bridgehead atoms. The lowest BCUT2D eigenvalue weighted by Gasteiger charge is -2.06. The summed E-state index contributed by atoms with van der Waals surface area (Å²) in [5.74, 6) is 1.27. The number of unbranched alkanes of at least 4 members (excludes halogenated alkanes) is 1. The molecule has 0 N–H and O–H groups in total. The van der Waals surface area contributed by atoms with Crippen molar-refractivity contribution in [2.24, 2.45) is 0 Å². The highest BCUT2D eigenvalue weighted by Crippen LogP contribution is 2.17. The van der Waals surface area contributed by atoms with Crippen molar-refractivity contribution in [3.05, 3.63) is 84.7 Å². The van der Waals surface area contributed by atoms with Crippen molar-refractivity contribution < 1.29 is 17.0 Å². The van der Waals surface area contributed by atoms with Gasteiger partial charge in [-0.25, -0.2) is 9.13 Å². The molecule has 1 aromatic heterocycles. The molecule has 0 aliphatic rings. The van der Waals surface area contributed by atoms with E-state index in [1.54, 1.807) is 0 Å². The summed E-state index contributed by atoms with van der Waals surface area (Å²) in [6.07, 6.45) is 8.70. The number of aromatic nitrogens is 2. The maximum Gasteiger partial charge on any atom is 0.289 e. The van der Waals surface area contributed by atoms with E-state index in [1.807, 2.05) is 6.08 Å².